The summed E-state index contributed by atoms with van der Waals surface area (Å²) in [7, 11) is 0. The van der Waals surface area contributed by atoms with E-state index in [1.165, 1.54) is 35.4 Å². The van der Waals surface area contributed by atoms with Crippen LogP contribution in [0.25, 0.3) is 5.69 Å². The zero-order valence-electron chi connectivity index (χ0n) is 14.6. The number of H-pyrrole nitrogens is 1. The minimum atomic E-state index is -0.198. The molecule has 0 amide bonds. The number of aromatic amines is 1. The molecule has 30 heavy (non-hydrogen) atoms. The normalized spacial score (nSPS) is 9.17. The Labute approximate surface area is 196 Å². The van der Waals surface area contributed by atoms with Gasteiger partial charge in [0, 0.05) is 34.3 Å². The van der Waals surface area contributed by atoms with Gasteiger partial charge in [0.15, 0.2) is 0 Å². The highest BCUT2D eigenvalue weighted by Gasteiger charge is 1.99. The molecule has 156 valence electrons. The molecule has 0 aliphatic heterocycles. The lowest BCUT2D eigenvalue weighted by molar-refractivity contribution is 0.802. The average molecular weight is 559 g/mol. The van der Waals surface area contributed by atoms with Crippen LogP contribution in [0.5, 0.6) is 0 Å². The topological polar surface area (TPSA) is 106 Å². The van der Waals surface area contributed by atoms with Crippen molar-refractivity contribution in [1.82, 2.24) is 29.9 Å². The third kappa shape index (κ3) is 9.25. The van der Waals surface area contributed by atoms with Crippen LogP contribution in [0.4, 0.5) is 0 Å². The highest BCUT2D eigenvalue weighted by atomic mass is 127. The van der Waals surface area contributed by atoms with E-state index in [4.69, 9.17) is 23.2 Å². The maximum Gasteiger partial charge on any atom is 0.271 e. The van der Waals surface area contributed by atoms with Crippen LogP contribution in [-0.4, -0.2) is 29.9 Å². The van der Waals surface area contributed by atoms with Crippen LogP contribution < -0.4 is 11.1 Å². The minimum absolute atomic E-state index is 0. The second-order valence-electron chi connectivity index (χ2n) is 5.03. The van der Waals surface area contributed by atoms with E-state index in [9.17, 15) is 9.59 Å². The maximum atomic E-state index is 11.3. The Morgan fingerprint density at radius 1 is 0.867 bits per heavy atom. The van der Waals surface area contributed by atoms with Crippen LogP contribution in [0.3, 0.4) is 0 Å². The minimum Gasteiger partial charge on any atom is -0.268 e. The second-order valence-corrected chi connectivity index (χ2v) is 7.05. The number of nitrogens with one attached hydrogen (secondary N) is 1. The van der Waals surface area contributed by atoms with Crippen molar-refractivity contribution >= 4 is 45.8 Å². The Hall–Kier alpha value is -2.63. The molecule has 0 radical (unpaired) electrons. The number of rotatable bonds is 1. The maximum absolute atomic E-state index is 11.3. The monoisotopic (exact) mass is 558 g/mol. The lowest BCUT2D eigenvalue weighted by atomic mass is 10.4. The quantitative estimate of drug-likeness (QED) is 0.279. The molecule has 0 saturated heterocycles. The van der Waals surface area contributed by atoms with E-state index >= 15 is 0 Å². The molecule has 8 nitrogen and oxygen atoms in total. The average Bonchev–Trinajstić information content (AvgIpc) is 2.73. The predicted octanol–water partition coefficient (Wildman–Crippen LogP) is 4.03. The fourth-order valence-corrected chi connectivity index (χ4v) is 2.26. The van der Waals surface area contributed by atoms with Gasteiger partial charge in [0.2, 0.25) is 0 Å². The lowest BCUT2D eigenvalue weighted by Gasteiger charge is -2.01. The summed E-state index contributed by atoms with van der Waals surface area (Å²) in [6, 6.07) is 13.0. The molecule has 0 bridgehead atoms. The van der Waals surface area contributed by atoms with E-state index in [0.29, 0.717) is 16.0 Å². The van der Waals surface area contributed by atoms with Gasteiger partial charge in [-0.3, -0.25) is 9.59 Å². The predicted molar refractivity (Wildman–Crippen MR) is 126 cm³/mol. The number of aromatic nitrogens is 6. The molecule has 1 N–H and O–H groups in total. The van der Waals surface area contributed by atoms with Crippen molar-refractivity contribution in [3.63, 3.8) is 0 Å². The lowest BCUT2D eigenvalue weighted by Crippen LogP contribution is -2.19. The fourth-order valence-electron chi connectivity index (χ4n) is 1.71. The Balaban J connectivity index is 0.000000241. The van der Waals surface area contributed by atoms with Gasteiger partial charge in [0.25, 0.3) is 11.1 Å². The third-order valence-corrected chi connectivity index (χ3v) is 4.03. The van der Waals surface area contributed by atoms with Crippen LogP contribution >= 0.6 is 45.8 Å². The van der Waals surface area contributed by atoms with Crippen molar-refractivity contribution in [2.24, 2.45) is 0 Å². The van der Waals surface area contributed by atoms with E-state index in [1.54, 1.807) is 36.5 Å². The first kappa shape index (κ1) is 25.4. The van der Waals surface area contributed by atoms with Crippen molar-refractivity contribution < 1.29 is 0 Å². The highest BCUT2D eigenvalue weighted by molar-refractivity contribution is 14.1. The molecule has 0 atom stereocenters. The molecule has 4 rings (SSSR count). The van der Waals surface area contributed by atoms with E-state index in [-0.39, 0.29) is 18.5 Å². The van der Waals surface area contributed by atoms with Crippen molar-refractivity contribution in [2.45, 2.75) is 7.43 Å². The standard InChI is InChI=1S/C9H6ClN3O.C5H3ClIN.C4H4N2O.CH4/c10-8-4-3-7(6-11-8)13-9(14)2-1-5-12-13;6-5-2-1-4(7)3-8-5;7-4-2-1-3-5-6-4;/h1-6H;1-3H;1-3H,(H,6,7);1H4. The van der Waals surface area contributed by atoms with Gasteiger partial charge in [0.05, 0.1) is 11.9 Å². The molecule has 0 aliphatic carbocycles. The molecule has 0 saturated carbocycles. The molecule has 4 aromatic heterocycles. The molecule has 0 aliphatic rings. The number of hydrogen-bond donors (Lipinski definition) is 1. The van der Waals surface area contributed by atoms with Crippen molar-refractivity contribution in [3.8, 4) is 5.69 Å². The van der Waals surface area contributed by atoms with Crippen molar-refractivity contribution in [3.05, 3.63) is 108 Å². The van der Waals surface area contributed by atoms with Crippen LogP contribution in [0, 0.1) is 3.57 Å². The smallest absolute Gasteiger partial charge is 0.268 e. The molecular formula is C19H17Cl2IN6O2. The first-order chi connectivity index (χ1) is 14.0. The van der Waals surface area contributed by atoms with Gasteiger partial charge in [-0.2, -0.15) is 14.9 Å². The number of hydrogen-bond acceptors (Lipinski definition) is 6. The van der Waals surface area contributed by atoms with E-state index < -0.39 is 0 Å². The zero-order valence-corrected chi connectivity index (χ0v) is 18.3. The van der Waals surface area contributed by atoms with Gasteiger partial charge in [0.1, 0.15) is 10.3 Å². The molecule has 4 aromatic rings. The van der Waals surface area contributed by atoms with E-state index in [1.807, 2.05) is 6.07 Å². The Morgan fingerprint density at radius 2 is 1.53 bits per heavy atom. The van der Waals surface area contributed by atoms with Gasteiger partial charge >= 0.3 is 0 Å². The second kappa shape index (κ2) is 13.6. The molecule has 4 heterocycles. The van der Waals surface area contributed by atoms with Crippen LogP contribution in [-0.2, 0) is 0 Å². The van der Waals surface area contributed by atoms with Gasteiger partial charge in [-0.25, -0.2) is 15.1 Å². The SMILES string of the molecule is C.Clc1ccc(I)cn1.O=c1cccn[nH]1.O=c1cccnn1-c1ccc(Cl)nc1. The highest BCUT2D eigenvalue weighted by Crippen LogP contribution is 2.07. The molecule has 0 aromatic carbocycles. The van der Waals surface area contributed by atoms with Crippen molar-refractivity contribution in [1.29, 1.82) is 0 Å². The number of halogens is 3. The van der Waals surface area contributed by atoms with Crippen LogP contribution in [0.2, 0.25) is 10.3 Å². The molecule has 0 fully saturated rings. The molecule has 0 unspecified atom stereocenters. The summed E-state index contributed by atoms with van der Waals surface area (Å²) >= 11 is 13.3. The number of nitrogens with zero attached hydrogens (tertiary/aromatic N) is 5. The summed E-state index contributed by atoms with van der Waals surface area (Å²) in [5.74, 6) is 0. The third-order valence-electron chi connectivity index (χ3n) is 2.95. The van der Waals surface area contributed by atoms with E-state index in [2.05, 4.69) is 47.9 Å². The summed E-state index contributed by atoms with van der Waals surface area (Å²) in [5.41, 5.74) is 0.235. The summed E-state index contributed by atoms with van der Waals surface area (Å²) in [6.45, 7) is 0. The van der Waals surface area contributed by atoms with Gasteiger partial charge < -0.3 is 0 Å². The van der Waals surface area contributed by atoms with Gasteiger partial charge in [-0.15, -0.1) is 0 Å². The largest absolute Gasteiger partial charge is 0.271 e. The van der Waals surface area contributed by atoms with E-state index in [0.717, 1.165) is 3.57 Å². The van der Waals surface area contributed by atoms with Gasteiger partial charge in [-0.05, 0) is 59.0 Å². The summed E-state index contributed by atoms with van der Waals surface area (Å²) < 4.78 is 2.36. The summed E-state index contributed by atoms with van der Waals surface area (Å²) in [6.07, 6.45) is 6.27. The Bertz CT molecular complexity index is 1100. The molecule has 11 heteroatoms. The zero-order chi connectivity index (χ0) is 21.1. The number of pyridine rings is 2. The summed E-state index contributed by atoms with van der Waals surface area (Å²) in [4.78, 5) is 29.2. The van der Waals surface area contributed by atoms with Gasteiger partial charge in [-0.1, -0.05) is 30.6 Å². The fraction of sp³-hybridized carbons (Fsp3) is 0.0526. The Kier molecular flexibility index (Phi) is 11.5. The van der Waals surface area contributed by atoms with Crippen molar-refractivity contribution in [2.75, 3.05) is 0 Å². The molecule has 0 spiro atoms. The first-order valence-corrected chi connectivity index (χ1v) is 9.72. The summed E-state index contributed by atoms with van der Waals surface area (Å²) in [5, 5.41) is 10.5. The first-order valence-electron chi connectivity index (χ1n) is 7.89. The van der Waals surface area contributed by atoms with Crippen LogP contribution in [0.1, 0.15) is 7.43 Å². The Morgan fingerprint density at radius 3 is 1.97 bits per heavy atom. The van der Waals surface area contributed by atoms with Crippen LogP contribution in [0.15, 0.2) is 82.9 Å². The molecular weight excluding hydrogens is 542 g/mol.